The molecule has 2 atom stereocenters. The number of carbonyl (C=O) groups is 1. The highest BCUT2D eigenvalue weighted by atomic mass is 32.3. The Bertz CT molecular complexity index is 941. The molecule has 2 fully saturated rings. The lowest BCUT2D eigenvalue weighted by molar-refractivity contribution is -0.671. The summed E-state index contributed by atoms with van der Waals surface area (Å²) in [6, 6.07) is 4.17. The number of hydrogen-bond donors (Lipinski definition) is 1. The van der Waals surface area contributed by atoms with Gasteiger partial charge in [0.1, 0.15) is 12.7 Å². The first kappa shape index (κ1) is 16.9. The first-order valence-electron chi connectivity index (χ1n) is 8.01. The van der Waals surface area contributed by atoms with Gasteiger partial charge in [0.15, 0.2) is 18.2 Å². The third kappa shape index (κ3) is 3.04. The fraction of sp³-hybridized carbons (Fsp3) is 0.400. The van der Waals surface area contributed by atoms with E-state index in [1.165, 1.54) is 4.90 Å². The predicted octanol–water partition coefficient (Wildman–Crippen LogP) is 0.842. The van der Waals surface area contributed by atoms with E-state index in [0.29, 0.717) is 35.9 Å². The SMILES string of the molecule is C[n+]1ccc(-c2cc([C@@H]3CC[C@@H]4CN3C(=O)N4OS(=O)(=O)O)no2)cc1. The van der Waals surface area contributed by atoms with Crippen LogP contribution in [-0.4, -0.2) is 46.7 Å². The van der Waals surface area contributed by atoms with Gasteiger partial charge >= 0.3 is 16.4 Å². The maximum Gasteiger partial charge on any atom is 0.418 e. The number of urea groups is 1. The van der Waals surface area contributed by atoms with Gasteiger partial charge in [-0.15, -0.1) is 4.28 Å². The molecule has 0 aliphatic carbocycles. The summed E-state index contributed by atoms with van der Waals surface area (Å²) in [5.41, 5.74) is 1.45. The second-order valence-corrected chi connectivity index (χ2v) is 7.38. The van der Waals surface area contributed by atoms with Crippen molar-refractivity contribution in [3.05, 3.63) is 36.3 Å². The zero-order chi connectivity index (χ0) is 18.5. The molecule has 0 spiro atoms. The van der Waals surface area contributed by atoms with E-state index < -0.39 is 22.5 Å². The van der Waals surface area contributed by atoms with Crippen LogP contribution in [-0.2, 0) is 21.7 Å². The lowest BCUT2D eigenvalue weighted by atomic mass is 9.98. The van der Waals surface area contributed by atoms with Crippen LogP contribution < -0.4 is 4.57 Å². The van der Waals surface area contributed by atoms with Crippen molar-refractivity contribution in [3.8, 4) is 11.3 Å². The number of amides is 2. The molecule has 2 aromatic heterocycles. The Morgan fingerprint density at radius 1 is 1.35 bits per heavy atom. The predicted molar refractivity (Wildman–Crippen MR) is 85.5 cm³/mol. The molecule has 0 unspecified atom stereocenters. The quantitative estimate of drug-likeness (QED) is 0.616. The van der Waals surface area contributed by atoms with Crippen LogP contribution >= 0.6 is 0 Å². The fourth-order valence-corrected chi connectivity index (χ4v) is 3.77. The van der Waals surface area contributed by atoms with Crippen molar-refractivity contribution in [1.29, 1.82) is 0 Å². The molecule has 0 aromatic carbocycles. The number of hydrogen-bond acceptors (Lipinski definition) is 6. The fourth-order valence-electron chi connectivity index (χ4n) is 3.39. The molecule has 138 valence electrons. The molecule has 26 heavy (non-hydrogen) atoms. The van der Waals surface area contributed by atoms with E-state index in [9.17, 15) is 13.2 Å². The Morgan fingerprint density at radius 2 is 2.08 bits per heavy atom. The highest BCUT2D eigenvalue weighted by molar-refractivity contribution is 7.80. The third-order valence-electron chi connectivity index (χ3n) is 4.63. The number of aromatic nitrogens is 2. The van der Waals surface area contributed by atoms with E-state index in [-0.39, 0.29) is 6.04 Å². The van der Waals surface area contributed by atoms with Crippen molar-refractivity contribution in [2.45, 2.75) is 24.9 Å². The summed E-state index contributed by atoms with van der Waals surface area (Å²) >= 11 is 0. The summed E-state index contributed by atoms with van der Waals surface area (Å²) in [6.45, 7) is 0.294. The van der Waals surface area contributed by atoms with Crippen molar-refractivity contribution in [1.82, 2.24) is 15.1 Å². The summed E-state index contributed by atoms with van der Waals surface area (Å²) in [5.74, 6) is 0.584. The summed E-state index contributed by atoms with van der Waals surface area (Å²) in [4.78, 5) is 13.9. The molecule has 0 radical (unpaired) electrons. The number of aryl methyl sites for hydroxylation is 1. The molecule has 0 saturated carbocycles. The van der Waals surface area contributed by atoms with Crippen molar-refractivity contribution in [2.24, 2.45) is 7.05 Å². The van der Waals surface area contributed by atoms with Gasteiger partial charge < -0.3 is 9.42 Å². The van der Waals surface area contributed by atoms with Crippen molar-refractivity contribution in [2.75, 3.05) is 6.54 Å². The van der Waals surface area contributed by atoms with Gasteiger partial charge in [-0.05, 0) is 12.8 Å². The van der Waals surface area contributed by atoms with E-state index in [1.807, 2.05) is 36.1 Å². The van der Waals surface area contributed by atoms with Crippen LogP contribution in [0.4, 0.5) is 4.79 Å². The lowest BCUT2D eigenvalue weighted by Gasteiger charge is -2.28. The Morgan fingerprint density at radius 3 is 2.77 bits per heavy atom. The van der Waals surface area contributed by atoms with Crippen LogP contribution in [0.15, 0.2) is 35.1 Å². The summed E-state index contributed by atoms with van der Waals surface area (Å²) in [6.07, 6.45) is 4.87. The van der Waals surface area contributed by atoms with Crippen molar-refractivity contribution < 1.29 is 31.1 Å². The molecule has 2 bridgehead atoms. The largest absolute Gasteiger partial charge is 0.418 e. The number of pyridine rings is 1. The first-order chi connectivity index (χ1) is 12.3. The summed E-state index contributed by atoms with van der Waals surface area (Å²) in [5, 5.41) is 4.80. The molecule has 1 N–H and O–H groups in total. The standard InChI is InChI=1S/C15H16N4O6S/c1-17-6-4-10(5-7-17)14-8-12(16-24-14)13-3-2-11-9-18(13)15(20)19(11)25-26(21,22)23/h4-8,11,13H,2-3,9H2,1H3/p+1/t11-,13+/m1/s1. The molecule has 2 aliphatic rings. The molecule has 2 aliphatic heterocycles. The second kappa shape index (κ2) is 6.04. The number of rotatable bonds is 4. The topological polar surface area (TPSA) is 117 Å². The van der Waals surface area contributed by atoms with Gasteiger partial charge in [0.2, 0.25) is 0 Å². The maximum absolute atomic E-state index is 12.5. The van der Waals surface area contributed by atoms with E-state index in [4.69, 9.17) is 9.08 Å². The molecular weight excluding hydrogens is 364 g/mol. The lowest BCUT2D eigenvalue weighted by Crippen LogP contribution is -2.35. The average molecular weight is 381 g/mol. The van der Waals surface area contributed by atoms with Gasteiger partial charge in [0.25, 0.3) is 0 Å². The van der Waals surface area contributed by atoms with Gasteiger partial charge in [-0.25, -0.2) is 9.36 Å². The normalized spacial score (nSPS) is 22.9. The highest BCUT2D eigenvalue weighted by Gasteiger charge is 2.48. The van der Waals surface area contributed by atoms with E-state index in [0.717, 1.165) is 5.56 Å². The first-order valence-corrected chi connectivity index (χ1v) is 9.37. The Hall–Kier alpha value is -2.50. The van der Waals surface area contributed by atoms with Crippen LogP contribution in [0.1, 0.15) is 24.6 Å². The molecule has 2 aromatic rings. The summed E-state index contributed by atoms with van der Waals surface area (Å²) < 4.78 is 42.5. The van der Waals surface area contributed by atoms with Crippen molar-refractivity contribution in [3.63, 3.8) is 0 Å². The van der Waals surface area contributed by atoms with Crippen LogP contribution in [0.2, 0.25) is 0 Å². The minimum absolute atomic E-state index is 0.294. The molecule has 10 nitrogen and oxygen atoms in total. The molecule has 2 amide bonds. The zero-order valence-electron chi connectivity index (χ0n) is 13.8. The van der Waals surface area contributed by atoms with E-state index >= 15 is 0 Å². The van der Waals surface area contributed by atoms with Crippen LogP contribution in [0.5, 0.6) is 0 Å². The van der Waals surface area contributed by atoms with Gasteiger partial charge in [0.05, 0.1) is 12.1 Å². The van der Waals surface area contributed by atoms with E-state index in [2.05, 4.69) is 9.44 Å². The minimum atomic E-state index is -4.75. The van der Waals surface area contributed by atoms with Crippen LogP contribution in [0, 0.1) is 0 Å². The number of fused-ring (bicyclic) bond motifs is 2. The smallest absolute Gasteiger partial charge is 0.356 e. The number of piperidine rings is 1. The van der Waals surface area contributed by atoms with Gasteiger partial charge in [-0.3, -0.25) is 4.55 Å². The Labute approximate surface area is 149 Å². The Balaban J connectivity index is 1.57. The van der Waals surface area contributed by atoms with Crippen molar-refractivity contribution >= 4 is 16.4 Å². The molecule has 2 saturated heterocycles. The summed E-state index contributed by atoms with van der Waals surface area (Å²) in [7, 11) is -2.84. The monoisotopic (exact) mass is 381 g/mol. The number of carbonyl (C=O) groups excluding carboxylic acids is 1. The van der Waals surface area contributed by atoms with Crippen LogP contribution in [0.3, 0.4) is 0 Å². The zero-order valence-corrected chi connectivity index (χ0v) is 14.7. The van der Waals surface area contributed by atoms with Gasteiger partial charge in [0, 0.05) is 30.3 Å². The number of nitrogens with zero attached hydrogens (tertiary/aromatic N) is 4. The minimum Gasteiger partial charge on any atom is -0.356 e. The van der Waals surface area contributed by atoms with Gasteiger partial charge in [-0.2, -0.15) is 13.5 Å². The highest BCUT2D eigenvalue weighted by Crippen LogP contribution is 2.39. The Kier molecular flexibility index (Phi) is 3.93. The average Bonchev–Trinajstić information content (AvgIpc) is 3.15. The van der Waals surface area contributed by atoms with E-state index in [1.54, 1.807) is 6.07 Å². The second-order valence-electron chi connectivity index (χ2n) is 6.38. The third-order valence-corrected chi connectivity index (χ3v) is 4.98. The number of hydroxylamine groups is 2. The van der Waals surface area contributed by atoms with Crippen LogP contribution in [0.25, 0.3) is 11.3 Å². The van der Waals surface area contributed by atoms with Gasteiger partial charge in [-0.1, -0.05) is 5.16 Å². The molecular formula is C15H17N4O6S+. The molecule has 11 heteroatoms. The molecule has 4 rings (SSSR count). The maximum atomic E-state index is 12.5. The molecule has 4 heterocycles.